The van der Waals surface area contributed by atoms with Crippen LogP contribution in [0.2, 0.25) is 12.1 Å². The Kier molecular flexibility index (Phi) is 43.4. The van der Waals surface area contributed by atoms with E-state index in [4.69, 9.17) is 55.0 Å². The summed E-state index contributed by atoms with van der Waals surface area (Å²) in [7, 11) is 2.07. The van der Waals surface area contributed by atoms with Gasteiger partial charge in [0.15, 0.2) is 0 Å². The molecule has 1 atom stereocenters. The van der Waals surface area contributed by atoms with Gasteiger partial charge in [0.2, 0.25) is 0 Å². The van der Waals surface area contributed by atoms with E-state index in [1.54, 1.807) is 21.3 Å². The summed E-state index contributed by atoms with van der Waals surface area (Å²) in [5.41, 5.74) is 0. The normalized spacial score (nSPS) is 13.1. The molecule has 0 aromatic heterocycles. The lowest BCUT2D eigenvalue weighted by Crippen LogP contribution is -3.00. The average molecular weight is 906 g/mol. The topological polar surface area (TPSA) is 194 Å². The molecule has 0 radical (unpaired) electrons. The minimum Gasteiger partial charge on any atom is -1.00 e. The Balaban J connectivity index is -0.000000444. The van der Waals surface area contributed by atoms with Gasteiger partial charge in [-0.1, -0.05) is 33.1 Å². The number of nitrogens with zero attached hydrogens (tertiary/aromatic N) is 2. The van der Waals surface area contributed by atoms with Gasteiger partial charge >= 0.3 is 23.6 Å². The number of unbranched alkanes of at least 4 members (excludes halogenated alkanes) is 8. The summed E-state index contributed by atoms with van der Waals surface area (Å²) >= 11 is 0. The zero-order valence-corrected chi connectivity index (χ0v) is 41.4. The van der Waals surface area contributed by atoms with Crippen LogP contribution < -0.4 is 31.0 Å². The molecule has 1 N–H and O–H groups in total. The molecule has 0 aromatic rings. The Bertz CT molecular complexity index is 865. The second kappa shape index (κ2) is 38.9. The van der Waals surface area contributed by atoms with Gasteiger partial charge in [0.1, 0.15) is 13.2 Å². The molecule has 0 spiro atoms. The molecule has 0 amide bonds. The molecule has 0 aliphatic rings. The highest BCUT2D eigenvalue weighted by atomic mass is 35.7. The molecule has 19 heteroatoms. The quantitative estimate of drug-likeness (QED) is 0.0378. The SMILES string of the molecule is CCCCC[N+](C)(C)CCCCCCC[Si](OC)(OC)OC.CCC[N+](C)(CCCCCO)CCOC(=O)CCC[Si](OCC)(OCC)OCC.[Cl-].[O-][Cl+3]([O-])([O-])[O-]. The Labute approximate surface area is 358 Å². The van der Waals surface area contributed by atoms with Crippen LogP contribution in [0.1, 0.15) is 125 Å². The molecule has 0 fully saturated rings. The number of carbonyl (C=O) groups is 1. The molecule has 1 unspecified atom stereocenters. The molecule has 0 rings (SSSR count). The Morgan fingerprint density at radius 1 is 0.579 bits per heavy atom. The van der Waals surface area contributed by atoms with Gasteiger partial charge in [0.05, 0.1) is 47.3 Å². The van der Waals surface area contributed by atoms with Crippen LogP contribution in [0.4, 0.5) is 0 Å². The number of rotatable bonds is 35. The summed E-state index contributed by atoms with van der Waals surface area (Å²) in [6.45, 7) is 18.2. The summed E-state index contributed by atoms with van der Waals surface area (Å²) in [5.74, 6) is -0.166. The summed E-state index contributed by atoms with van der Waals surface area (Å²) in [5, 5.41) is 8.93. The first kappa shape index (κ1) is 63.6. The fourth-order valence-corrected chi connectivity index (χ4v) is 10.8. The second-order valence-corrected chi connectivity index (χ2v) is 21.5. The van der Waals surface area contributed by atoms with Gasteiger partial charge < -0.3 is 57.8 Å². The second-order valence-electron chi connectivity index (χ2n) is 14.9. The van der Waals surface area contributed by atoms with E-state index in [1.807, 2.05) is 20.8 Å². The van der Waals surface area contributed by atoms with Crippen molar-refractivity contribution < 1.29 is 91.4 Å². The summed E-state index contributed by atoms with van der Waals surface area (Å²) in [4.78, 5) is 12.2. The van der Waals surface area contributed by atoms with Crippen molar-refractivity contribution in [1.82, 2.24) is 0 Å². The van der Waals surface area contributed by atoms with Crippen LogP contribution in [0.5, 0.6) is 0 Å². The van der Waals surface area contributed by atoms with Crippen molar-refractivity contribution in [3.8, 4) is 0 Å². The first-order valence-electron chi connectivity index (χ1n) is 21.0. The first-order chi connectivity index (χ1) is 26.4. The lowest BCUT2D eigenvalue weighted by Gasteiger charge is -2.34. The molecular formula is C38H86Cl2N2O13Si2. The van der Waals surface area contributed by atoms with Crippen molar-refractivity contribution in [2.75, 3.05) is 108 Å². The number of aliphatic hydroxyl groups is 1. The van der Waals surface area contributed by atoms with Crippen LogP contribution in [-0.4, -0.2) is 146 Å². The molecule has 0 saturated carbocycles. The van der Waals surface area contributed by atoms with E-state index in [-0.39, 0.29) is 25.0 Å². The number of ether oxygens (including phenoxy) is 1. The number of quaternary nitrogens is 2. The van der Waals surface area contributed by atoms with Crippen molar-refractivity contribution in [3.05, 3.63) is 0 Å². The summed E-state index contributed by atoms with van der Waals surface area (Å²) in [6, 6.07) is 1.56. The smallest absolute Gasteiger partial charge is 0.500 e. The van der Waals surface area contributed by atoms with Gasteiger partial charge in [-0.05, 0) is 85.0 Å². The van der Waals surface area contributed by atoms with Gasteiger partial charge in [0, 0.05) is 66.3 Å². The zero-order chi connectivity index (χ0) is 43.4. The van der Waals surface area contributed by atoms with Crippen LogP contribution in [-0.2, 0) is 36.1 Å². The fraction of sp³-hybridized carbons (Fsp3) is 0.974. The predicted molar refractivity (Wildman–Crippen MR) is 214 cm³/mol. The van der Waals surface area contributed by atoms with Gasteiger partial charge in [-0.25, -0.2) is 18.6 Å². The van der Waals surface area contributed by atoms with Crippen LogP contribution in [0.15, 0.2) is 0 Å². The number of hydrogen-bond donors (Lipinski definition) is 1. The van der Waals surface area contributed by atoms with E-state index in [0.717, 1.165) is 62.3 Å². The number of halogens is 2. The first-order valence-corrected chi connectivity index (χ1v) is 26.1. The largest absolute Gasteiger partial charge is 1.00 e. The van der Waals surface area contributed by atoms with Crippen molar-refractivity contribution in [2.45, 2.75) is 137 Å². The van der Waals surface area contributed by atoms with Crippen molar-refractivity contribution in [1.29, 1.82) is 0 Å². The van der Waals surface area contributed by atoms with E-state index in [0.29, 0.717) is 45.3 Å². The summed E-state index contributed by atoms with van der Waals surface area (Å²) < 4.78 is 75.4. The van der Waals surface area contributed by atoms with Gasteiger partial charge in [-0.3, -0.25) is 4.79 Å². The zero-order valence-electron chi connectivity index (χ0n) is 37.9. The van der Waals surface area contributed by atoms with E-state index in [2.05, 4.69) is 35.0 Å². The number of hydrogen-bond acceptors (Lipinski definition) is 13. The molecule has 57 heavy (non-hydrogen) atoms. The highest BCUT2D eigenvalue weighted by molar-refractivity contribution is 6.61. The molecule has 0 saturated heterocycles. The number of carbonyl (C=O) groups excluding carboxylic acids is 1. The Hall–Kier alpha value is -0.0362. The third-order valence-corrected chi connectivity index (χ3v) is 15.5. The molecule has 0 aliphatic carbocycles. The van der Waals surface area contributed by atoms with Gasteiger partial charge in [-0.15, -0.1) is 10.2 Å². The Morgan fingerprint density at radius 3 is 1.47 bits per heavy atom. The van der Waals surface area contributed by atoms with Crippen molar-refractivity contribution >= 4 is 23.6 Å². The lowest BCUT2D eigenvalue weighted by atomic mass is 10.1. The van der Waals surface area contributed by atoms with Gasteiger partial charge in [0.25, 0.3) is 0 Å². The molecule has 0 heterocycles. The maximum absolute atomic E-state index is 12.2. The van der Waals surface area contributed by atoms with E-state index >= 15 is 0 Å². The molecule has 15 nitrogen and oxygen atoms in total. The minimum absolute atomic E-state index is 0. The van der Waals surface area contributed by atoms with E-state index < -0.39 is 27.9 Å². The van der Waals surface area contributed by atoms with Crippen LogP contribution >= 0.6 is 0 Å². The monoisotopic (exact) mass is 905 g/mol. The standard InChI is InChI=1S/C21H46NO6Si.C17H40NO3Si.ClHO4.ClH/c1-6-15-22(5,16-11-10-12-18-23)17-19-25-21(24)14-13-20-29(26-7-2,27-8-3)28-9-4;1-7-8-12-15-18(2,3)16-13-10-9-11-14-17-22(19-4,20-5)21-6;2-1(3,4)5;/h23H,6-20H2,1-5H3;7-17H2,1-6H3;(H,2,3,4,5);1H/q2*+1;;/p-2. The molecule has 0 aliphatic heterocycles. The van der Waals surface area contributed by atoms with Crippen LogP contribution in [0.25, 0.3) is 0 Å². The number of aliphatic hydroxyl groups excluding tert-OH is 1. The maximum atomic E-state index is 12.2. The van der Waals surface area contributed by atoms with Crippen molar-refractivity contribution in [2.24, 2.45) is 0 Å². The third-order valence-electron chi connectivity index (χ3n) is 9.52. The molecule has 0 aromatic carbocycles. The summed E-state index contributed by atoms with van der Waals surface area (Å²) in [6.07, 6.45) is 15.5. The van der Waals surface area contributed by atoms with E-state index in [1.165, 1.54) is 62.5 Å². The van der Waals surface area contributed by atoms with Gasteiger partial charge in [-0.2, -0.15) is 0 Å². The lowest BCUT2D eigenvalue weighted by molar-refractivity contribution is -2.00. The maximum Gasteiger partial charge on any atom is 0.500 e. The minimum atomic E-state index is -4.94. The predicted octanol–water partition coefficient (Wildman–Crippen LogP) is -0.293. The molecule has 348 valence electrons. The van der Waals surface area contributed by atoms with E-state index in [9.17, 15) is 4.79 Å². The van der Waals surface area contributed by atoms with Crippen LogP contribution in [0.3, 0.4) is 0 Å². The van der Waals surface area contributed by atoms with Crippen molar-refractivity contribution in [3.63, 3.8) is 0 Å². The van der Waals surface area contributed by atoms with Crippen LogP contribution in [0, 0.1) is 10.2 Å². The Morgan fingerprint density at radius 2 is 1.02 bits per heavy atom. The number of esters is 1. The molecule has 0 bridgehead atoms. The average Bonchev–Trinajstić information content (AvgIpc) is 3.12. The highest BCUT2D eigenvalue weighted by Crippen LogP contribution is 2.20. The molecular weight excluding hydrogens is 819 g/mol. The third kappa shape index (κ3) is 39.8. The highest BCUT2D eigenvalue weighted by Gasteiger charge is 2.40. The number of likely N-dealkylation sites (N-methyl/N-ethyl adjacent to an activating group) is 1. The fourth-order valence-electron chi connectivity index (χ4n) is 6.43.